The highest BCUT2D eigenvalue weighted by Gasteiger charge is 2.26. The summed E-state index contributed by atoms with van der Waals surface area (Å²) in [5.41, 5.74) is 2.75. The zero-order chi connectivity index (χ0) is 17.2. The lowest BCUT2D eigenvalue weighted by atomic mass is 10.2. The van der Waals surface area contributed by atoms with Crippen LogP contribution < -0.4 is 10.6 Å². The highest BCUT2D eigenvalue weighted by Crippen LogP contribution is 2.25. The van der Waals surface area contributed by atoms with Gasteiger partial charge in [-0.3, -0.25) is 9.59 Å². The lowest BCUT2D eigenvalue weighted by Gasteiger charge is -2.05. The summed E-state index contributed by atoms with van der Waals surface area (Å²) in [7, 11) is 0. The van der Waals surface area contributed by atoms with Crippen LogP contribution in [0.25, 0.3) is 0 Å². The maximum absolute atomic E-state index is 12.7. The molecular weight excluding hydrogens is 316 g/mol. The molecule has 1 aromatic heterocycles. The predicted molar refractivity (Wildman–Crippen MR) is 93.3 cm³/mol. The van der Waals surface area contributed by atoms with Gasteiger partial charge in [0.2, 0.25) is 0 Å². The third kappa shape index (κ3) is 2.83. The third-order valence-corrected chi connectivity index (χ3v) is 4.17. The molecule has 3 aromatic rings. The second-order valence-electron chi connectivity index (χ2n) is 5.78. The van der Waals surface area contributed by atoms with Crippen molar-refractivity contribution in [2.45, 2.75) is 13.1 Å². The lowest BCUT2D eigenvalue weighted by molar-refractivity contribution is 0.0939. The number of hydrogen-bond acceptors (Lipinski definition) is 4. The zero-order valence-electron chi connectivity index (χ0n) is 13.4. The van der Waals surface area contributed by atoms with E-state index in [1.807, 2.05) is 24.3 Å². The minimum absolute atomic E-state index is 0.208. The average molecular weight is 332 g/mol. The molecule has 0 saturated heterocycles. The maximum atomic E-state index is 12.7. The van der Waals surface area contributed by atoms with E-state index >= 15 is 0 Å². The van der Waals surface area contributed by atoms with Gasteiger partial charge in [-0.05, 0) is 24.3 Å². The molecule has 124 valence electrons. The quantitative estimate of drug-likeness (QED) is 0.772. The molecule has 0 radical (unpaired) electrons. The Morgan fingerprint density at radius 1 is 0.920 bits per heavy atom. The molecule has 1 aliphatic rings. The van der Waals surface area contributed by atoms with Crippen LogP contribution in [0.4, 0.5) is 5.82 Å². The third-order valence-electron chi connectivity index (χ3n) is 4.17. The topological polar surface area (TPSA) is 76.0 Å². The minimum atomic E-state index is -0.243. The zero-order valence-corrected chi connectivity index (χ0v) is 13.4. The summed E-state index contributed by atoms with van der Waals surface area (Å²) in [6.07, 6.45) is 0. The van der Waals surface area contributed by atoms with Crippen LogP contribution >= 0.6 is 0 Å². The number of anilines is 1. The average Bonchev–Trinajstić information content (AvgIpc) is 3.26. The van der Waals surface area contributed by atoms with Gasteiger partial charge in [-0.1, -0.05) is 36.4 Å². The Hall–Kier alpha value is -3.25. The van der Waals surface area contributed by atoms with Crippen LogP contribution in [-0.4, -0.2) is 21.6 Å². The lowest BCUT2D eigenvalue weighted by Crippen LogP contribution is -2.19. The number of aromatic nitrogens is 2. The number of rotatable bonds is 3. The van der Waals surface area contributed by atoms with Gasteiger partial charge >= 0.3 is 0 Å². The molecule has 0 saturated carbocycles. The van der Waals surface area contributed by atoms with Crippen molar-refractivity contribution in [3.8, 4) is 0 Å². The fourth-order valence-corrected chi connectivity index (χ4v) is 2.90. The van der Waals surface area contributed by atoms with E-state index in [1.165, 1.54) is 4.68 Å². The predicted octanol–water partition coefficient (Wildman–Crippen LogP) is 2.43. The number of nitrogens with one attached hydrogen (secondary N) is 2. The summed E-state index contributed by atoms with van der Waals surface area (Å²) in [6, 6.07) is 17.9. The molecule has 6 heteroatoms. The number of fused-ring (bicyclic) bond motifs is 1. The molecule has 25 heavy (non-hydrogen) atoms. The number of carbonyl (C=O) groups excluding carboxylic acids is 2. The van der Waals surface area contributed by atoms with Gasteiger partial charge in [0.1, 0.15) is 0 Å². The molecule has 6 nitrogen and oxygen atoms in total. The van der Waals surface area contributed by atoms with Gasteiger partial charge in [0, 0.05) is 29.8 Å². The summed E-state index contributed by atoms with van der Waals surface area (Å²) in [4.78, 5) is 25.1. The second kappa shape index (κ2) is 6.33. The number of amides is 1. The van der Waals surface area contributed by atoms with Gasteiger partial charge in [-0.15, -0.1) is 5.10 Å². The Morgan fingerprint density at radius 3 is 2.24 bits per heavy atom. The van der Waals surface area contributed by atoms with Crippen molar-refractivity contribution in [2.24, 2.45) is 0 Å². The SMILES string of the molecule is O=C(Nc1nn(C(=O)c2ccccc2)c2c1CNC2)c1ccccc1. The first-order chi connectivity index (χ1) is 12.2. The van der Waals surface area contributed by atoms with Crippen molar-refractivity contribution >= 4 is 17.6 Å². The normalized spacial score (nSPS) is 12.6. The van der Waals surface area contributed by atoms with Crippen LogP contribution in [0.3, 0.4) is 0 Å². The van der Waals surface area contributed by atoms with Gasteiger partial charge in [0.05, 0.1) is 5.69 Å². The van der Waals surface area contributed by atoms with Crippen LogP contribution in [0.15, 0.2) is 60.7 Å². The van der Waals surface area contributed by atoms with Crippen molar-refractivity contribution in [1.82, 2.24) is 15.1 Å². The summed E-state index contributed by atoms with van der Waals surface area (Å²) >= 11 is 0. The van der Waals surface area contributed by atoms with E-state index in [0.717, 1.165) is 11.3 Å². The van der Waals surface area contributed by atoms with Gasteiger partial charge in [0.25, 0.3) is 11.8 Å². The molecule has 0 bridgehead atoms. The highest BCUT2D eigenvalue weighted by molar-refractivity contribution is 6.04. The minimum Gasteiger partial charge on any atom is -0.307 e. The summed E-state index contributed by atoms with van der Waals surface area (Å²) in [5.74, 6) is -0.0222. The Balaban J connectivity index is 1.67. The van der Waals surface area contributed by atoms with Crippen molar-refractivity contribution in [1.29, 1.82) is 0 Å². The van der Waals surface area contributed by atoms with Gasteiger partial charge in [-0.25, -0.2) is 0 Å². The van der Waals surface area contributed by atoms with Crippen molar-refractivity contribution in [3.63, 3.8) is 0 Å². The van der Waals surface area contributed by atoms with E-state index < -0.39 is 0 Å². The van der Waals surface area contributed by atoms with E-state index in [1.54, 1.807) is 36.4 Å². The molecule has 2 heterocycles. The Bertz CT molecular complexity index is 933. The summed E-state index contributed by atoms with van der Waals surface area (Å²) in [5, 5.41) is 10.4. The molecule has 2 N–H and O–H groups in total. The molecule has 1 aliphatic heterocycles. The smallest absolute Gasteiger partial charge is 0.278 e. The van der Waals surface area contributed by atoms with E-state index in [-0.39, 0.29) is 11.8 Å². The Labute approximate surface area is 144 Å². The maximum Gasteiger partial charge on any atom is 0.278 e. The molecule has 4 rings (SSSR count). The molecule has 1 amide bonds. The van der Waals surface area contributed by atoms with Crippen molar-refractivity contribution in [3.05, 3.63) is 83.0 Å². The van der Waals surface area contributed by atoms with E-state index in [9.17, 15) is 9.59 Å². The van der Waals surface area contributed by atoms with Crippen molar-refractivity contribution < 1.29 is 9.59 Å². The molecule has 0 atom stereocenters. The monoisotopic (exact) mass is 332 g/mol. The molecule has 0 unspecified atom stereocenters. The fraction of sp³-hybridized carbons (Fsp3) is 0.105. The Morgan fingerprint density at radius 2 is 1.56 bits per heavy atom. The largest absolute Gasteiger partial charge is 0.307 e. The molecule has 2 aromatic carbocycles. The summed E-state index contributed by atoms with van der Waals surface area (Å²) < 4.78 is 1.38. The number of nitrogens with zero attached hydrogens (tertiary/aromatic N) is 2. The standard InChI is InChI=1S/C19H16N4O2/c24-18(13-7-3-1-4-8-13)21-17-15-11-20-12-16(15)23(22-17)19(25)14-9-5-2-6-10-14/h1-10,20H,11-12H2,(H,21,22,24). The second-order valence-corrected chi connectivity index (χ2v) is 5.78. The number of benzene rings is 2. The molecule has 0 spiro atoms. The molecular formula is C19H16N4O2. The molecule has 0 aliphatic carbocycles. The van der Waals surface area contributed by atoms with E-state index in [2.05, 4.69) is 15.7 Å². The fourth-order valence-electron chi connectivity index (χ4n) is 2.90. The first-order valence-corrected chi connectivity index (χ1v) is 8.01. The highest BCUT2D eigenvalue weighted by atomic mass is 16.2. The van der Waals surface area contributed by atoms with E-state index in [0.29, 0.717) is 30.0 Å². The van der Waals surface area contributed by atoms with Crippen LogP contribution in [0.2, 0.25) is 0 Å². The van der Waals surface area contributed by atoms with Gasteiger partial charge in [0.15, 0.2) is 5.82 Å². The van der Waals surface area contributed by atoms with Crippen molar-refractivity contribution in [2.75, 3.05) is 5.32 Å². The van der Waals surface area contributed by atoms with E-state index in [4.69, 9.17) is 0 Å². The van der Waals surface area contributed by atoms with Crippen LogP contribution in [-0.2, 0) is 13.1 Å². The Kier molecular flexibility index (Phi) is 3.87. The van der Waals surface area contributed by atoms with Gasteiger partial charge in [-0.2, -0.15) is 4.68 Å². The first kappa shape index (κ1) is 15.3. The van der Waals surface area contributed by atoms with Crippen LogP contribution in [0.1, 0.15) is 32.0 Å². The van der Waals surface area contributed by atoms with Crippen LogP contribution in [0.5, 0.6) is 0 Å². The van der Waals surface area contributed by atoms with Crippen LogP contribution in [0, 0.1) is 0 Å². The van der Waals surface area contributed by atoms with Gasteiger partial charge < -0.3 is 10.6 Å². The molecule has 0 fully saturated rings. The number of carbonyl (C=O) groups is 2. The first-order valence-electron chi connectivity index (χ1n) is 8.01. The number of hydrogen-bond donors (Lipinski definition) is 2. The summed E-state index contributed by atoms with van der Waals surface area (Å²) in [6.45, 7) is 1.12.